The number of ether oxygens (including phenoxy) is 7. The number of phenolic OH excluding ortho intramolecular Hbond substituents is 12. The molecule has 0 bridgehead atoms. The predicted octanol–water partition coefficient (Wildman–Crippen LogP) is 13.2. The van der Waals surface area contributed by atoms with Gasteiger partial charge in [-0.2, -0.15) is 0 Å². The zero-order valence-corrected chi connectivity index (χ0v) is 57.2. The maximum absolute atomic E-state index is 14.3. The van der Waals surface area contributed by atoms with E-state index in [0.717, 1.165) is 133 Å². The summed E-state index contributed by atoms with van der Waals surface area (Å²) in [4.78, 5) is 100. The van der Waals surface area contributed by atoms with Gasteiger partial charge in [0, 0.05) is 60.0 Å². The van der Waals surface area contributed by atoms with E-state index in [2.05, 4.69) is 0 Å². The van der Waals surface area contributed by atoms with Gasteiger partial charge in [0.2, 0.25) is 0 Å². The molecule has 13 N–H and O–H groups in total. The maximum atomic E-state index is 14.3. The number of carbonyl (C=O) groups excluding carboxylic acids is 7. The third-order valence-electron chi connectivity index (χ3n) is 16.8. The first-order valence-corrected chi connectivity index (χ1v) is 32.7. The van der Waals surface area contributed by atoms with Crippen LogP contribution in [0.15, 0.2) is 237 Å². The molecule has 558 valence electrons. The van der Waals surface area contributed by atoms with Crippen molar-refractivity contribution in [1.29, 1.82) is 0 Å². The van der Waals surface area contributed by atoms with E-state index in [1.807, 2.05) is 6.92 Å². The second-order valence-electron chi connectivity index (χ2n) is 25.0. The molecule has 0 amide bonds. The van der Waals surface area contributed by atoms with Gasteiger partial charge in [0.1, 0.15) is 115 Å². The van der Waals surface area contributed by atoms with Crippen molar-refractivity contribution in [2.45, 2.75) is 24.9 Å². The molecule has 0 saturated carbocycles. The lowest BCUT2D eigenvalue weighted by atomic mass is 9.70. The van der Waals surface area contributed by atoms with Crippen molar-refractivity contribution in [2.75, 3.05) is 0 Å². The molecule has 2 unspecified atom stereocenters. The summed E-state index contributed by atoms with van der Waals surface area (Å²) in [7, 11) is 0. The Hall–Kier alpha value is -15.6. The third-order valence-corrected chi connectivity index (χ3v) is 16.8. The van der Waals surface area contributed by atoms with Crippen molar-refractivity contribution < 1.29 is 138 Å². The Morgan fingerprint density at radius 2 is 0.477 bits per heavy atom. The summed E-state index contributed by atoms with van der Waals surface area (Å²) in [5.74, 6) is -15.1. The monoisotopic (exact) mass is 1500 g/mol. The maximum Gasteiger partial charge on any atom is 0.343 e. The topological polar surface area (TPSA) is 456 Å². The molecule has 2 atom stereocenters. The van der Waals surface area contributed by atoms with Gasteiger partial charge in [-0.25, -0.2) is 38.4 Å². The Morgan fingerprint density at radius 1 is 0.252 bits per heavy atom. The highest BCUT2D eigenvalue weighted by Crippen LogP contribution is 2.43. The lowest BCUT2D eigenvalue weighted by Gasteiger charge is -2.32. The van der Waals surface area contributed by atoms with Gasteiger partial charge in [-0.3, -0.25) is 5.26 Å². The van der Waals surface area contributed by atoms with E-state index in [0.29, 0.717) is 27.8 Å². The summed E-state index contributed by atoms with van der Waals surface area (Å²) < 4.78 is 39.5. The van der Waals surface area contributed by atoms with Crippen LogP contribution < -0.4 is 33.2 Å². The van der Waals surface area contributed by atoms with E-state index in [-0.39, 0.29) is 85.2 Å². The van der Waals surface area contributed by atoms with Crippen LogP contribution in [-0.4, -0.2) is 108 Å². The van der Waals surface area contributed by atoms with Gasteiger partial charge in [-0.05, 0) is 174 Å². The van der Waals surface area contributed by atoms with Crippen LogP contribution in [-0.2, 0) is 16.7 Å². The average Bonchev–Trinajstić information content (AvgIpc) is 0.757. The van der Waals surface area contributed by atoms with Crippen LogP contribution in [0.3, 0.4) is 0 Å². The Morgan fingerprint density at radius 3 is 0.748 bits per heavy atom. The number of hydrogen-bond acceptors (Lipinski definition) is 28. The van der Waals surface area contributed by atoms with Gasteiger partial charge in [-0.1, -0.05) is 60.7 Å². The summed E-state index contributed by atoms with van der Waals surface area (Å²) in [5, 5.41) is 132. The van der Waals surface area contributed by atoms with Gasteiger partial charge >= 0.3 is 41.8 Å². The van der Waals surface area contributed by atoms with Gasteiger partial charge in [-0.15, -0.1) is 0 Å². The Balaban J connectivity index is 0.896. The van der Waals surface area contributed by atoms with Crippen molar-refractivity contribution in [3.05, 3.63) is 314 Å². The number of esters is 7. The summed E-state index contributed by atoms with van der Waals surface area (Å²) >= 11 is 0. The first kappa shape index (κ1) is 75.1. The molecule has 111 heavy (non-hydrogen) atoms. The second kappa shape index (κ2) is 31.6. The van der Waals surface area contributed by atoms with E-state index < -0.39 is 134 Å². The molecule has 12 aromatic rings. The number of rotatable bonds is 22. The van der Waals surface area contributed by atoms with Crippen LogP contribution in [0.25, 0.3) is 0 Å². The smallest absolute Gasteiger partial charge is 0.343 e. The van der Waals surface area contributed by atoms with Crippen LogP contribution in [0.5, 0.6) is 109 Å². The normalized spacial score (nSPS) is 11.8. The molecule has 0 radical (unpaired) electrons. The largest absolute Gasteiger partial charge is 0.508 e. The van der Waals surface area contributed by atoms with Crippen LogP contribution >= 0.6 is 0 Å². The minimum Gasteiger partial charge on any atom is -0.508 e. The van der Waals surface area contributed by atoms with Crippen molar-refractivity contribution >= 4 is 41.8 Å². The summed E-state index contributed by atoms with van der Waals surface area (Å²) in [6.45, 7) is 1.85. The van der Waals surface area contributed by atoms with Gasteiger partial charge in [0.05, 0.1) is 38.9 Å². The fourth-order valence-electron chi connectivity index (χ4n) is 11.8. The lowest BCUT2D eigenvalue weighted by Crippen LogP contribution is -2.25. The lowest BCUT2D eigenvalue weighted by molar-refractivity contribution is -0.270. The molecule has 0 aliphatic heterocycles. The van der Waals surface area contributed by atoms with Crippen molar-refractivity contribution in [1.82, 2.24) is 0 Å². The first-order valence-electron chi connectivity index (χ1n) is 32.7. The Kier molecular flexibility index (Phi) is 21.4. The highest BCUT2D eigenvalue weighted by molar-refractivity contribution is 5.97. The Labute approximate surface area is 625 Å². The van der Waals surface area contributed by atoms with Gasteiger partial charge in [0.15, 0.2) is 0 Å². The Bertz CT molecular complexity index is 5310. The van der Waals surface area contributed by atoms with Crippen molar-refractivity contribution in [2.24, 2.45) is 0 Å². The van der Waals surface area contributed by atoms with E-state index in [4.69, 9.17) is 38.0 Å². The molecule has 28 heteroatoms. The number of carbonyl (C=O) groups is 7. The quantitative estimate of drug-likeness (QED) is 0.00985. The van der Waals surface area contributed by atoms with Gasteiger partial charge in [0.25, 0.3) is 0 Å². The highest BCUT2D eigenvalue weighted by Gasteiger charge is 2.33. The third kappa shape index (κ3) is 18.2. The zero-order chi connectivity index (χ0) is 79.1. The minimum absolute atomic E-state index is 0.00388. The van der Waals surface area contributed by atoms with E-state index in [1.165, 1.54) is 42.5 Å². The first-order chi connectivity index (χ1) is 52.9. The average molecular weight is 1500 g/mol. The van der Waals surface area contributed by atoms with Crippen LogP contribution in [0.1, 0.15) is 124 Å². The van der Waals surface area contributed by atoms with Crippen molar-refractivity contribution in [3.8, 4) is 109 Å². The van der Waals surface area contributed by atoms with E-state index in [9.17, 15) is 100 Å². The summed E-state index contributed by atoms with van der Waals surface area (Å²) in [6.07, 6.45) is -1.42. The highest BCUT2D eigenvalue weighted by atomic mass is 17.1. The molecule has 0 aliphatic rings. The van der Waals surface area contributed by atoms with E-state index in [1.54, 1.807) is 60.7 Å². The van der Waals surface area contributed by atoms with Crippen LogP contribution in [0.2, 0.25) is 0 Å². The zero-order valence-electron chi connectivity index (χ0n) is 57.2. The number of hydrogen-bond donors (Lipinski definition) is 13. The molecular weight excluding hydrogens is 1440 g/mol. The fraction of sp³-hybridized carbons (Fsp3) is 0.0482. The number of aromatic hydroxyl groups is 12. The molecule has 0 fully saturated rings. The predicted molar refractivity (Wildman–Crippen MR) is 386 cm³/mol. The molecule has 0 spiro atoms. The summed E-state index contributed by atoms with van der Waals surface area (Å²) in [6, 6.07) is 48.8. The van der Waals surface area contributed by atoms with Crippen LogP contribution in [0, 0.1) is 0 Å². The standard InChI is InChI=1S/C83H58O28/c1-83(53-6-2-42(3-7-53)14-43-15-69(105-76(96)46-17-56(84)33-57(85)18-46)39-70(16-43)106-77(97)47-19-58(86)34-59(87)20-47,54-8-4-44(5-9-54)75(111-103)45-29-71(107-78(98)48-21-60(88)35-61(89)22-48)40-72(30-45)108-79(99)49-23-62(90)36-63(91)24-49)55-10-12-68(13-11-55)104-82(102)52-31-73(109-80(100)50-25-64(92)37-65(93)26-50)41-74(32-52)110-81(101)51-27-66(94)38-67(95)28-51/h2-13,15-41,75,84-95,103H,14H2,1H3. The fourth-order valence-corrected chi connectivity index (χ4v) is 11.8. The molecular formula is C83H58O28. The molecule has 28 nitrogen and oxygen atoms in total. The molecule has 0 aromatic heterocycles. The summed E-state index contributed by atoms with van der Waals surface area (Å²) in [5.41, 5.74) is -0.437. The number of phenols is 12. The molecule has 12 rings (SSSR count). The molecule has 0 aliphatic carbocycles. The van der Waals surface area contributed by atoms with Gasteiger partial charge < -0.3 is 94.4 Å². The molecule has 0 saturated heterocycles. The number of benzene rings is 12. The SMILES string of the molecule is CC(c1ccc(Cc2cc(OC(=O)c3cc(O)cc(O)c3)cc(OC(=O)c3cc(O)cc(O)c3)c2)cc1)(c1ccc(OC(=O)c2cc(OC(=O)c3cc(O)cc(O)c3)cc(OC(=O)c3cc(O)cc(O)c3)c2)cc1)c1ccc(C(OO)c2cc(OC(=O)c3cc(O)cc(O)c3)cc(OC(=O)c3cc(O)cc(O)c3)c2)cc1. The molecule has 12 aromatic carbocycles. The molecule has 0 heterocycles. The van der Waals surface area contributed by atoms with Crippen LogP contribution in [0.4, 0.5) is 0 Å². The second-order valence-corrected chi connectivity index (χ2v) is 25.0. The minimum atomic E-state index is -1.48. The van der Waals surface area contributed by atoms with E-state index >= 15 is 0 Å². The van der Waals surface area contributed by atoms with Crippen molar-refractivity contribution in [3.63, 3.8) is 0 Å².